The SMILES string of the molecule is CCCOc1c(Br)cc(/C=C2/SC(=S)N(NC(=O)c3ccc(OC)cc3)C2=O)cc1OCC. The Labute approximate surface area is 210 Å². The number of hydrazine groups is 1. The number of nitrogens with zero attached hydrogens (tertiary/aromatic N) is 1. The number of methoxy groups -OCH3 is 1. The average Bonchev–Trinajstić information content (AvgIpc) is 3.06. The third kappa shape index (κ3) is 6.07. The Morgan fingerprint density at radius 1 is 1.21 bits per heavy atom. The van der Waals surface area contributed by atoms with E-state index in [2.05, 4.69) is 21.4 Å². The molecule has 0 saturated carbocycles. The molecule has 7 nitrogen and oxygen atoms in total. The van der Waals surface area contributed by atoms with Gasteiger partial charge in [-0.15, -0.1) is 0 Å². The number of halogens is 1. The van der Waals surface area contributed by atoms with Crippen LogP contribution in [0, 0.1) is 0 Å². The second-order valence-electron chi connectivity index (χ2n) is 6.80. The number of ether oxygens (including phenoxy) is 3. The van der Waals surface area contributed by atoms with Gasteiger partial charge in [0.1, 0.15) is 5.75 Å². The Morgan fingerprint density at radius 2 is 1.94 bits per heavy atom. The number of thioether (sulfide) groups is 1. The van der Waals surface area contributed by atoms with Crippen LogP contribution in [-0.4, -0.2) is 41.5 Å². The smallest absolute Gasteiger partial charge is 0.285 e. The highest BCUT2D eigenvalue weighted by Crippen LogP contribution is 2.39. The van der Waals surface area contributed by atoms with Crippen molar-refractivity contribution < 1.29 is 23.8 Å². The highest BCUT2D eigenvalue weighted by Gasteiger charge is 2.34. The second-order valence-corrected chi connectivity index (χ2v) is 9.33. The number of amides is 2. The summed E-state index contributed by atoms with van der Waals surface area (Å²) in [6, 6.07) is 10.2. The normalized spacial score (nSPS) is 14.5. The van der Waals surface area contributed by atoms with Crippen LogP contribution in [0.4, 0.5) is 0 Å². The molecule has 10 heteroatoms. The molecule has 33 heavy (non-hydrogen) atoms. The minimum atomic E-state index is -0.450. The Kier molecular flexibility index (Phi) is 8.76. The molecule has 0 spiro atoms. The van der Waals surface area contributed by atoms with Crippen molar-refractivity contribution in [3.05, 3.63) is 56.9 Å². The van der Waals surface area contributed by atoms with Crippen LogP contribution in [0.3, 0.4) is 0 Å². The summed E-state index contributed by atoms with van der Waals surface area (Å²) in [7, 11) is 1.54. The first-order valence-corrected chi connectivity index (χ1v) is 12.2. The number of carbonyl (C=O) groups excluding carboxylic acids is 2. The molecule has 1 fully saturated rings. The van der Waals surface area contributed by atoms with Gasteiger partial charge >= 0.3 is 0 Å². The second kappa shape index (κ2) is 11.5. The van der Waals surface area contributed by atoms with Crippen molar-refractivity contribution in [3.63, 3.8) is 0 Å². The molecule has 2 aromatic rings. The van der Waals surface area contributed by atoms with Crippen LogP contribution in [0.5, 0.6) is 17.2 Å². The summed E-state index contributed by atoms with van der Waals surface area (Å²) >= 11 is 9.96. The van der Waals surface area contributed by atoms with Gasteiger partial charge < -0.3 is 14.2 Å². The quantitative estimate of drug-likeness (QED) is 0.340. The zero-order valence-electron chi connectivity index (χ0n) is 18.3. The zero-order chi connectivity index (χ0) is 24.0. The molecule has 1 N–H and O–H groups in total. The number of carbonyl (C=O) groups is 2. The maximum Gasteiger partial charge on any atom is 0.285 e. The van der Waals surface area contributed by atoms with Crippen LogP contribution in [0.2, 0.25) is 0 Å². The van der Waals surface area contributed by atoms with Crippen LogP contribution in [0.15, 0.2) is 45.8 Å². The maximum atomic E-state index is 12.9. The predicted octanol–water partition coefficient (Wildman–Crippen LogP) is 5.19. The molecule has 3 rings (SSSR count). The van der Waals surface area contributed by atoms with Crippen molar-refractivity contribution in [2.45, 2.75) is 20.3 Å². The molecule has 0 radical (unpaired) electrons. The summed E-state index contributed by atoms with van der Waals surface area (Å²) < 4.78 is 17.6. The van der Waals surface area contributed by atoms with E-state index in [9.17, 15) is 9.59 Å². The van der Waals surface area contributed by atoms with E-state index in [1.807, 2.05) is 26.0 Å². The average molecular weight is 551 g/mol. The molecule has 0 aromatic heterocycles. The fraction of sp³-hybridized carbons (Fsp3) is 0.261. The van der Waals surface area contributed by atoms with Gasteiger partial charge in [0.15, 0.2) is 15.8 Å². The molecule has 0 unspecified atom stereocenters. The highest BCUT2D eigenvalue weighted by atomic mass is 79.9. The number of nitrogens with one attached hydrogen (secondary N) is 1. The van der Waals surface area contributed by atoms with Crippen LogP contribution in [0.25, 0.3) is 6.08 Å². The van der Waals surface area contributed by atoms with Gasteiger partial charge in [0.25, 0.3) is 11.8 Å². The molecule has 1 saturated heterocycles. The molecule has 0 aliphatic carbocycles. The Hall–Kier alpha value is -2.56. The predicted molar refractivity (Wildman–Crippen MR) is 137 cm³/mol. The summed E-state index contributed by atoms with van der Waals surface area (Å²) in [5.74, 6) is 0.968. The van der Waals surface area contributed by atoms with E-state index >= 15 is 0 Å². The van der Waals surface area contributed by atoms with Crippen molar-refractivity contribution in [3.8, 4) is 17.2 Å². The minimum absolute atomic E-state index is 0.236. The first-order chi connectivity index (χ1) is 15.9. The first kappa shape index (κ1) is 25.1. The molecular formula is C23H23BrN2O5S2. The van der Waals surface area contributed by atoms with E-state index in [0.29, 0.717) is 40.9 Å². The summed E-state index contributed by atoms with van der Waals surface area (Å²) in [6.45, 7) is 4.95. The Balaban J connectivity index is 1.80. The highest BCUT2D eigenvalue weighted by molar-refractivity contribution is 9.10. The van der Waals surface area contributed by atoms with Gasteiger partial charge in [-0.25, -0.2) is 0 Å². The lowest BCUT2D eigenvalue weighted by Gasteiger charge is -2.16. The molecule has 1 heterocycles. The number of rotatable bonds is 9. The zero-order valence-corrected chi connectivity index (χ0v) is 21.6. The van der Waals surface area contributed by atoms with Gasteiger partial charge in [-0.05, 0) is 89.5 Å². The van der Waals surface area contributed by atoms with E-state index in [1.54, 1.807) is 37.5 Å². The number of hydrogen-bond acceptors (Lipinski definition) is 7. The lowest BCUT2D eigenvalue weighted by Crippen LogP contribution is -2.44. The fourth-order valence-electron chi connectivity index (χ4n) is 2.90. The lowest BCUT2D eigenvalue weighted by molar-refractivity contribution is -0.123. The van der Waals surface area contributed by atoms with E-state index in [0.717, 1.165) is 33.2 Å². The van der Waals surface area contributed by atoms with Crippen molar-refractivity contribution in [1.29, 1.82) is 0 Å². The van der Waals surface area contributed by atoms with Crippen LogP contribution < -0.4 is 19.6 Å². The Morgan fingerprint density at radius 3 is 2.58 bits per heavy atom. The van der Waals surface area contributed by atoms with Crippen molar-refractivity contribution in [1.82, 2.24) is 10.4 Å². The molecule has 1 aliphatic rings. The largest absolute Gasteiger partial charge is 0.497 e. The van der Waals surface area contributed by atoms with E-state index in [-0.39, 0.29) is 4.32 Å². The van der Waals surface area contributed by atoms with Gasteiger partial charge in [-0.2, -0.15) is 5.01 Å². The van der Waals surface area contributed by atoms with E-state index < -0.39 is 11.8 Å². The van der Waals surface area contributed by atoms with Gasteiger partial charge in [-0.3, -0.25) is 15.0 Å². The van der Waals surface area contributed by atoms with Crippen molar-refractivity contribution in [2.24, 2.45) is 0 Å². The van der Waals surface area contributed by atoms with E-state index in [4.69, 9.17) is 26.4 Å². The monoisotopic (exact) mass is 550 g/mol. The van der Waals surface area contributed by atoms with Crippen molar-refractivity contribution >= 4 is 62.1 Å². The minimum Gasteiger partial charge on any atom is -0.497 e. The molecule has 0 bridgehead atoms. The van der Waals surface area contributed by atoms with Gasteiger partial charge in [0.05, 0.1) is 29.7 Å². The first-order valence-electron chi connectivity index (χ1n) is 10.2. The molecule has 2 amide bonds. The third-order valence-electron chi connectivity index (χ3n) is 4.44. The fourth-order valence-corrected chi connectivity index (χ4v) is 4.66. The van der Waals surface area contributed by atoms with Crippen LogP contribution in [0.1, 0.15) is 36.2 Å². The molecule has 1 aliphatic heterocycles. The molecular weight excluding hydrogens is 528 g/mol. The summed E-state index contributed by atoms with van der Waals surface area (Å²) in [5.41, 5.74) is 3.68. The van der Waals surface area contributed by atoms with Crippen LogP contribution >= 0.6 is 39.9 Å². The number of hydrogen-bond donors (Lipinski definition) is 1. The maximum absolute atomic E-state index is 12.9. The van der Waals surface area contributed by atoms with Crippen molar-refractivity contribution in [2.75, 3.05) is 20.3 Å². The van der Waals surface area contributed by atoms with Gasteiger partial charge in [-0.1, -0.05) is 18.7 Å². The Bertz CT molecular complexity index is 1090. The summed E-state index contributed by atoms with van der Waals surface area (Å²) in [4.78, 5) is 25.9. The molecule has 174 valence electrons. The third-order valence-corrected chi connectivity index (χ3v) is 6.33. The molecule has 0 atom stereocenters. The van der Waals surface area contributed by atoms with Gasteiger partial charge in [0.2, 0.25) is 0 Å². The van der Waals surface area contributed by atoms with Crippen LogP contribution in [-0.2, 0) is 4.79 Å². The lowest BCUT2D eigenvalue weighted by atomic mass is 10.2. The molecule has 2 aromatic carbocycles. The van der Waals surface area contributed by atoms with E-state index in [1.165, 1.54) is 0 Å². The number of thiocarbonyl (C=S) groups is 1. The number of benzene rings is 2. The summed E-state index contributed by atoms with van der Waals surface area (Å²) in [5, 5.41) is 1.08. The summed E-state index contributed by atoms with van der Waals surface area (Å²) in [6.07, 6.45) is 2.57. The standard InChI is InChI=1S/C23H23BrN2O5S2/c1-4-10-31-20-17(24)11-14(12-18(20)30-5-2)13-19-22(28)26(23(32)33-19)25-21(27)15-6-8-16(29-3)9-7-15/h6-9,11-13H,4-5,10H2,1-3H3,(H,25,27)/b19-13+. The topological polar surface area (TPSA) is 77.1 Å². The van der Waals surface area contributed by atoms with Gasteiger partial charge in [0, 0.05) is 5.56 Å².